The lowest BCUT2D eigenvalue weighted by molar-refractivity contribution is -0.135. The van der Waals surface area contributed by atoms with Gasteiger partial charge in [-0.05, 0) is 6.92 Å². The standard InChI is InChI=1S/C5H12O4.2C4H6O2.C3H8O3.C3H4O2/c6-1-5(2-7,3-8)4-9;1-3-4(5)6-2;1-3(2)4(5)6;4-1-3(6)2-5;1-2-3(4)5/h6-9H,1-4H2;3H,1H2,2H3;1H2,2H3,(H,5,6);3-6H,1-2H2;2H,1H2,(H,4,5). The molecule has 0 atom stereocenters. The number of hydrogen-bond donors (Lipinski definition) is 9. The highest BCUT2D eigenvalue weighted by Gasteiger charge is 2.26. The Morgan fingerprint density at radius 1 is 0.875 bits per heavy atom. The van der Waals surface area contributed by atoms with E-state index in [1.165, 1.54) is 14.0 Å². The Hall–Kier alpha value is -2.65. The predicted octanol–water partition coefficient (Wildman–Crippen LogP) is -2.48. The van der Waals surface area contributed by atoms with Crippen LogP contribution >= 0.6 is 0 Å². The van der Waals surface area contributed by atoms with Crippen LogP contribution < -0.4 is 0 Å². The molecule has 0 bridgehead atoms. The first-order valence-electron chi connectivity index (χ1n) is 8.56. The van der Waals surface area contributed by atoms with Crippen LogP contribution in [0.2, 0.25) is 0 Å². The van der Waals surface area contributed by atoms with Gasteiger partial charge in [0.05, 0.1) is 52.2 Å². The van der Waals surface area contributed by atoms with Crippen LogP contribution in [-0.2, 0) is 19.1 Å². The molecule has 0 saturated heterocycles. The van der Waals surface area contributed by atoms with E-state index in [2.05, 4.69) is 24.5 Å². The van der Waals surface area contributed by atoms with Crippen molar-refractivity contribution in [1.29, 1.82) is 0 Å². The molecule has 0 unspecified atom stereocenters. The van der Waals surface area contributed by atoms with E-state index in [1.54, 1.807) is 0 Å². The molecule has 0 aromatic rings. The number of aliphatic carboxylic acids is 2. The molecule has 0 fully saturated rings. The van der Waals surface area contributed by atoms with Crippen molar-refractivity contribution in [2.45, 2.75) is 13.0 Å². The molecule has 0 heterocycles. The first-order valence-corrected chi connectivity index (χ1v) is 8.56. The molecule has 32 heavy (non-hydrogen) atoms. The van der Waals surface area contributed by atoms with Crippen LogP contribution in [0.25, 0.3) is 0 Å². The molecule has 0 spiro atoms. The molecule has 0 aliphatic rings. The van der Waals surface area contributed by atoms with Gasteiger partial charge < -0.3 is 50.7 Å². The summed E-state index contributed by atoms with van der Waals surface area (Å²) in [5.74, 6) is -2.31. The second-order valence-corrected chi connectivity index (χ2v) is 5.51. The fraction of sp³-hybridized carbons (Fsp3) is 0.526. The third kappa shape index (κ3) is 34.8. The molecule has 0 rings (SSSR count). The van der Waals surface area contributed by atoms with Crippen molar-refractivity contribution in [3.8, 4) is 0 Å². The van der Waals surface area contributed by atoms with Gasteiger partial charge >= 0.3 is 17.9 Å². The van der Waals surface area contributed by atoms with E-state index in [4.69, 9.17) is 46.0 Å². The third-order valence-corrected chi connectivity index (χ3v) is 2.67. The van der Waals surface area contributed by atoms with Crippen LogP contribution in [0.15, 0.2) is 37.5 Å². The Morgan fingerprint density at radius 2 is 1.16 bits per heavy atom. The number of hydrogen-bond acceptors (Lipinski definition) is 11. The van der Waals surface area contributed by atoms with Crippen LogP contribution in [0.1, 0.15) is 6.92 Å². The van der Waals surface area contributed by atoms with E-state index in [1.807, 2.05) is 0 Å². The lowest BCUT2D eigenvalue weighted by Gasteiger charge is -2.23. The number of ether oxygens (including phenoxy) is 1. The number of aliphatic hydroxyl groups excluding tert-OH is 7. The van der Waals surface area contributed by atoms with Crippen LogP contribution in [-0.4, -0.2) is 117 Å². The number of esters is 1. The minimum Gasteiger partial charge on any atom is -0.478 e. The summed E-state index contributed by atoms with van der Waals surface area (Å²) in [4.78, 5) is 28.7. The number of carboxylic acid groups (broad SMARTS) is 2. The topological polar surface area (TPSA) is 243 Å². The minimum atomic E-state index is -1.11. The smallest absolute Gasteiger partial charge is 0.330 e. The Labute approximate surface area is 186 Å². The fourth-order valence-corrected chi connectivity index (χ4v) is 0.441. The molecule has 0 aromatic heterocycles. The summed E-state index contributed by atoms with van der Waals surface area (Å²) >= 11 is 0. The number of rotatable bonds is 9. The van der Waals surface area contributed by atoms with Gasteiger partial charge in [0, 0.05) is 17.7 Å². The van der Waals surface area contributed by atoms with Crippen molar-refractivity contribution < 1.29 is 65.1 Å². The molecular formula is C19H36O13. The molecule has 13 nitrogen and oxygen atoms in total. The Balaban J connectivity index is -0.0000000966. The van der Waals surface area contributed by atoms with Crippen LogP contribution in [0, 0.1) is 5.41 Å². The number of aliphatic hydroxyl groups is 7. The van der Waals surface area contributed by atoms with Crippen molar-refractivity contribution in [3.63, 3.8) is 0 Å². The highest BCUT2D eigenvalue weighted by atomic mass is 16.5. The average Bonchev–Trinajstić information content (AvgIpc) is 2.81. The van der Waals surface area contributed by atoms with Crippen molar-refractivity contribution in [2.75, 3.05) is 46.8 Å². The van der Waals surface area contributed by atoms with E-state index < -0.39 is 55.9 Å². The van der Waals surface area contributed by atoms with Gasteiger partial charge in [0.1, 0.15) is 6.10 Å². The van der Waals surface area contributed by atoms with E-state index in [9.17, 15) is 14.4 Å². The van der Waals surface area contributed by atoms with Gasteiger partial charge in [-0.25, -0.2) is 14.4 Å². The molecule has 0 radical (unpaired) electrons. The molecule has 0 amide bonds. The molecule has 190 valence electrons. The second-order valence-electron chi connectivity index (χ2n) is 5.51. The van der Waals surface area contributed by atoms with Gasteiger partial charge in [-0.3, -0.25) is 0 Å². The van der Waals surface area contributed by atoms with Gasteiger partial charge in [0.2, 0.25) is 0 Å². The molecule has 0 aliphatic heterocycles. The SMILES string of the molecule is C=C(C)C(=O)O.C=CC(=O)O.C=CC(=O)OC.OCC(CO)(CO)CO.OCC(O)CO. The first kappa shape index (κ1) is 39.8. The summed E-state index contributed by atoms with van der Waals surface area (Å²) in [6.07, 6.45) is 0.991. The van der Waals surface area contributed by atoms with Gasteiger partial charge in [-0.2, -0.15) is 0 Å². The summed E-state index contributed by atoms with van der Waals surface area (Å²) in [5, 5.41) is 73.5. The molecule has 0 aromatic carbocycles. The van der Waals surface area contributed by atoms with E-state index in [0.717, 1.165) is 12.2 Å². The zero-order valence-corrected chi connectivity index (χ0v) is 18.3. The summed E-state index contributed by atoms with van der Waals surface area (Å²) in [6, 6.07) is 0. The number of carbonyl (C=O) groups excluding carboxylic acids is 1. The van der Waals surface area contributed by atoms with E-state index in [-0.39, 0.29) is 18.8 Å². The van der Waals surface area contributed by atoms with Crippen LogP contribution in [0.3, 0.4) is 0 Å². The summed E-state index contributed by atoms with van der Waals surface area (Å²) < 4.78 is 4.14. The Bertz CT molecular complexity index is 477. The Kier molecular flexibility index (Phi) is 35.2. The third-order valence-electron chi connectivity index (χ3n) is 2.67. The van der Waals surface area contributed by atoms with Crippen molar-refractivity contribution in [3.05, 3.63) is 37.5 Å². The van der Waals surface area contributed by atoms with Gasteiger partial charge in [-0.1, -0.05) is 19.7 Å². The predicted molar refractivity (Wildman–Crippen MR) is 113 cm³/mol. The zero-order chi connectivity index (χ0) is 26.8. The van der Waals surface area contributed by atoms with E-state index >= 15 is 0 Å². The first-order chi connectivity index (χ1) is 14.8. The zero-order valence-electron chi connectivity index (χ0n) is 18.3. The van der Waals surface area contributed by atoms with Gasteiger partial charge in [0.15, 0.2) is 0 Å². The quantitative estimate of drug-likeness (QED) is 0.125. The van der Waals surface area contributed by atoms with Crippen LogP contribution in [0.5, 0.6) is 0 Å². The highest BCUT2D eigenvalue weighted by Crippen LogP contribution is 2.11. The maximum absolute atomic E-state index is 9.84. The van der Waals surface area contributed by atoms with Gasteiger partial charge in [0.25, 0.3) is 0 Å². The molecule has 0 aliphatic carbocycles. The summed E-state index contributed by atoms with van der Waals surface area (Å²) in [7, 11) is 1.31. The lowest BCUT2D eigenvalue weighted by atomic mass is 9.93. The largest absolute Gasteiger partial charge is 0.478 e. The summed E-state index contributed by atoms with van der Waals surface area (Å²) in [5.41, 5.74) is -0.935. The fourth-order valence-electron chi connectivity index (χ4n) is 0.441. The van der Waals surface area contributed by atoms with Gasteiger partial charge in [-0.15, -0.1) is 0 Å². The highest BCUT2D eigenvalue weighted by molar-refractivity contribution is 5.84. The average molecular weight is 472 g/mol. The monoisotopic (exact) mass is 472 g/mol. The molecule has 13 heteroatoms. The van der Waals surface area contributed by atoms with Crippen molar-refractivity contribution >= 4 is 17.9 Å². The normalized spacial score (nSPS) is 8.94. The summed E-state index contributed by atoms with van der Waals surface area (Å²) in [6.45, 7) is 8.37. The lowest BCUT2D eigenvalue weighted by Crippen LogP contribution is -2.37. The second kappa shape index (κ2) is 28.4. The maximum Gasteiger partial charge on any atom is 0.330 e. The number of methoxy groups -OCH3 is 1. The number of carbonyl (C=O) groups is 3. The number of carboxylic acids is 2. The molecular weight excluding hydrogens is 436 g/mol. The van der Waals surface area contributed by atoms with E-state index in [0.29, 0.717) is 0 Å². The molecule has 0 saturated carbocycles. The molecule has 9 N–H and O–H groups in total. The minimum absolute atomic E-state index is 0.176. The van der Waals surface area contributed by atoms with Crippen LogP contribution in [0.4, 0.5) is 0 Å². The Morgan fingerprint density at radius 3 is 1.16 bits per heavy atom. The van der Waals surface area contributed by atoms with Crippen molar-refractivity contribution in [1.82, 2.24) is 0 Å². The van der Waals surface area contributed by atoms with Crippen molar-refractivity contribution in [2.24, 2.45) is 5.41 Å². The maximum atomic E-state index is 9.84.